The minimum absolute atomic E-state index is 0.583. The van der Waals surface area contributed by atoms with Crippen LogP contribution in [0.2, 0.25) is 5.02 Å². The second kappa shape index (κ2) is 5.31. The van der Waals surface area contributed by atoms with Crippen LogP contribution in [0.25, 0.3) is 0 Å². The van der Waals surface area contributed by atoms with Gasteiger partial charge in [0.15, 0.2) is 0 Å². The first kappa shape index (κ1) is 12.8. The summed E-state index contributed by atoms with van der Waals surface area (Å²) in [5.41, 5.74) is 8.47. The number of nitrogens with one attached hydrogen (secondary N) is 1. The van der Waals surface area contributed by atoms with E-state index in [0.717, 1.165) is 30.0 Å². The van der Waals surface area contributed by atoms with Gasteiger partial charge in [-0.3, -0.25) is 0 Å². The first-order valence-corrected chi connectivity index (χ1v) is 6.21. The van der Waals surface area contributed by atoms with E-state index in [1.165, 1.54) is 0 Å². The van der Waals surface area contributed by atoms with Gasteiger partial charge in [-0.15, -0.1) is 0 Å². The molecule has 2 rings (SSSR count). The second-order valence-electron chi connectivity index (χ2n) is 4.32. The highest BCUT2D eigenvalue weighted by Crippen LogP contribution is 2.26. The first-order valence-electron chi connectivity index (χ1n) is 5.83. The zero-order chi connectivity index (χ0) is 13.1. The lowest BCUT2D eigenvalue weighted by atomic mass is 10.1. The molecule has 0 amide bonds. The third kappa shape index (κ3) is 2.76. The maximum atomic E-state index is 6.01. The lowest BCUT2D eigenvalue weighted by molar-refractivity contribution is 0.789. The van der Waals surface area contributed by atoms with E-state index in [-0.39, 0.29) is 0 Å². The number of halogens is 1. The Morgan fingerprint density at radius 3 is 2.89 bits per heavy atom. The molecule has 0 spiro atoms. The van der Waals surface area contributed by atoms with E-state index >= 15 is 0 Å². The lowest BCUT2D eigenvalue weighted by Crippen LogP contribution is -2.09. The third-order valence-corrected chi connectivity index (χ3v) is 3.26. The molecule has 0 bridgehead atoms. The van der Waals surface area contributed by atoms with Crippen molar-refractivity contribution in [2.75, 3.05) is 17.6 Å². The summed E-state index contributed by atoms with van der Waals surface area (Å²) in [6.07, 6.45) is 4.62. The van der Waals surface area contributed by atoms with Crippen molar-refractivity contribution in [3.63, 3.8) is 0 Å². The SMILES string of the molecule is Cc1cc(N)c(Cl)cc1NCCc1nccn1C. The molecule has 0 radical (unpaired) electrons. The molecular weight excluding hydrogens is 248 g/mol. The fourth-order valence-corrected chi connectivity index (χ4v) is 2.00. The average Bonchev–Trinajstić information content (AvgIpc) is 2.72. The number of rotatable bonds is 4. The van der Waals surface area contributed by atoms with Crippen molar-refractivity contribution in [2.24, 2.45) is 7.05 Å². The lowest BCUT2D eigenvalue weighted by Gasteiger charge is -2.11. The quantitative estimate of drug-likeness (QED) is 0.835. The standard InChI is InChI=1S/C13H17ClN4/c1-9-7-11(15)10(14)8-12(9)16-4-3-13-17-5-6-18(13)2/h5-8,16H,3-4,15H2,1-2H3. The second-order valence-corrected chi connectivity index (χ2v) is 4.73. The molecule has 3 N–H and O–H groups in total. The highest BCUT2D eigenvalue weighted by molar-refractivity contribution is 6.33. The molecule has 96 valence electrons. The Morgan fingerprint density at radius 1 is 1.44 bits per heavy atom. The molecule has 1 aromatic heterocycles. The molecule has 0 aliphatic heterocycles. The van der Waals surface area contributed by atoms with E-state index < -0.39 is 0 Å². The Hall–Kier alpha value is -1.68. The monoisotopic (exact) mass is 264 g/mol. The van der Waals surface area contributed by atoms with E-state index in [2.05, 4.69) is 10.3 Å². The summed E-state index contributed by atoms with van der Waals surface area (Å²) in [5, 5.41) is 3.94. The van der Waals surface area contributed by atoms with E-state index in [0.29, 0.717) is 10.7 Å². The number of anilines is 2. The van der Waals surface area contributed by atoms with Gasteiger partial charge in [0.1, 0.15) is 5.82 Å². The van der Waals surface area contributed by atoms with Gasteiger partial charge in [-0.05, 0) is 24.6 Å². The number of aromatic nitrogens is 2. The molecule has 0 unspecified atom stereocenters. The Morgan fingerprint density at radius 2 is 2.22 bits per heavy atom. The van der Waals surface area contributed by atoms with Gasteiger partial charge in [0.25, 0.3) is 0 Å². The minimum atomic E-state index is 0.583. The first-order chi connectivity index (χ1) is 8.58. The molecule has 0 aliphatic rings. The smallest absolute Gasteiger partial charge is 0.110 e. The minimum Gasteiger partial charge on any atom is -0.398 e. The molecule has 0 atom stereocenters. The number of hydrogen-bond acceptors (Lipinski definition) is 3. The normalized spacial score (nSPS) is 10.6. The van der Waals surface area contributed by atoms with Crippen LogP contribution in [-0.2, 0) is 13.5 Å². The highest BCUT2D eigenvalue weighted by Gasteiger charge is 2.04. The number of hydrogen-bond donors (Lipinski definition) is 2. The van der Waals surface area contributed by atoms with E-state index in [1.54, 1.807) is 6.20 Å². The van der Waals surface area contributed by atoms with E-state index in [4.69, 9.17) is 17.3 Å². The molecule has 0 saturated heterocycles. The summed E-state index contributed by atoms with van der Waals surface area (Å²) < 4.78 is 2.02. The van der Waals surface area contributed by atoms with Gasteiger partial charge < -0.3 is 15.6 Å². The molecule has 1 heterocycles. The van der Waals surface area contributed by atoms with Crippen LogP contribution in [0, 0.1) is 6.92 Å². The van der Waals surface area contributed by atoms with Crippen LogP contribution in [0.5, 0.6) is 0 Å². The fraction of sp³-hybridized carbons (Fsp3) is 0.308. The van der Waals surface area contributed by atoms with Crippen molar-refractivity contribution in [1.82, 2.24) is 9.55 Å². The van der Waals surface area contributed by atoms with Crippen molar-refractivity contribution < 1.29 is 0 Å². The Bertz CT molecular complexity index is 548. The summed E-state index contributed by atoms with van der Waals surface area (Å²) in [4.78, 5) is 4.28. The van der Waals surface area contributed by atoms with Gasteiger partial charge in [0, 0.05) is 38.1 Å². The molecule has 18 heavy (non-hydrogen) atoms. The van der Waals surface area contributed by atoms with E-state index in [1.807, 2.05) is 36.9 Å². The fourth-order valence-electron chi connectivity index (χ4n) is 1.84. The number of aryl methyl sites for hydroxylation is 2. The van der Waals surface area contributed by atoms with Gasteiger partial charge in [0.2, 0.25) is 0 Å². The molecule has 0 saturated carbocycles. The summed E-state index contributed by atoms with van der Waals surface area (Å²) in [7, 11) is 1.99. The van der Waals surface area contributed by atoms with Crippen molar-refractivity contribution in [2.45, 2.75) is 13.3 Å². The Labute approximate surface area is 112 Å². The predicted octanol–water partition coefficient (Wildman–Crippen LogP) is 2.62. The predicted molar refractivity (Wildman–Crippen MR) is 76.0 cm³/mol. The van der Waals surface area contributed by atoms with Crippen LogP contribution >= 0.6 is 11.6 Å². The topological polar surface area (TPSA) is 55.9 Å². The average molecular weight is 265 g/mol. The van der Waals surface area contributed by atoms with Crippen molar-refractivity contribution in [3.8, 4) is 0 Å². The molecule has 0 fully saturated rings. The number of benzene rings is 1. The van der Waals surface area contributed by atoms with Gasteiger partial charge in [-0.2, -0.15) is 0 Å². The maximum absolute atomic E-state index is 6.01. The van der Waals surface area contributed by atoms with Crippen LogP contribution in [0.15, 0.2) is 24.5 Å². The van der Waals surface area contributed by atoms with Crippen LogP contribution in [-0.4, -0.2) is 16.1 Å². The maximum Gasteiger partial charge on any atom is 0.110 e. The zero-order valence-corrected chi connectivity index (χ0v) is 11.3. The molecule has 4 nitrogen and oxygen atoms in total. The van der Waals surface area contributed by atoms with Crippen LogP contribution in [0.3, 0.4) is 0 Å². The Balaban J connectivity index is 1.99. The van der Waals surface area contributed by atoms with Gasteiger partial charge in [-0.25, -0.2) is 4.98 Å². The van der Waals surface area contributed by atoms with Crippen molar-refractivity contribution in [3.05, 3.63) is 40.9 Å². The van der Waals surface area contributed by atoms with Crippen LogP contribution in [0.1, 0.15) is 11.4 Å². The van der Waals surface area contributed by atoms with Crippen LogP contribution < -0.4 is 11.1 Å². The summed E-state index contributed by atoms with van der Waals surface area (Å²) in [6, 6.07) is 3.75. The number of nitrogen functional groups attached to an aromatic ring is 1. The largest absolute Gasteiger partial charge is 0.398 e. The van der Waals surface area contributed by atoms with Gasteiger partial charge in [-0.1, -0.05) is 11.6 Å². The van der Waals surface area contributed by atoms with Crippen molar-refractivity contribution >= 4 is 23.0 Å². The molecule has 1 aromatic carbocycles. The zero-order valence-electron chi connectivity index (χ0n) is 10.6. The highest BCUT2D eigenvalue weighted by atomic mass is 35.5. The van der Waals surface area contributed by atoms with E-state index in [9.17, 15) is 0 Å². The number of nitrogens with two attached hydrogens (primary N) is 1. The van der Waals surface area contributed by atoms with Crippen LogP contribution in [0.4, 0.5) is 11.4 Å². The summed E-state index contributed by atoms with van der Waals surface area (Å²) >= 11 is 6.01. The third-order valence-electron chi connectivity index (χ3n) is 2.93. The molecular formula is C13H17ClN4. The Kier molecular flexibility index (Phi) is 3.77. The summed E-state index contributed by atoms with van der Waals surface area (Å²) in [6.45, 7) is 2.82. The van der Waals surface area contributed by atoms with Gasteiger partial charge in [0.05, 0.1) is 10.7 Å². The molecule has 5 heteroatoms. The summed E-state index contributed by atoms with van der Waals surface area (Å²) in [5.74, 6) is 1.06. The number of imidazole rings is 1. The molecule has 2 aromatic rings. The number of nitrogens with zero attached hydrogens (tertiary/aromatic N) is 2. The van der Waals surface area contributed by atoms with Crippen molar-refractivity contribution in [1.29, 1.82) is 0 Å². The molecule has 0 aliphatic carbocycles. The van der Waals surface area contributed by atoms with Gasteiger partial charge >= 0.3 is 0 Å².